The van der Waals surface area contributed by atoms with Gasteiger partial charge in [-0.3, -0.25) is 5.43 Å². The molecule has 1 aromatic carbocycles. The highest BCUT2D eigenvalue weighted by Gasteiger charge is 2.37. The minimum absolute atomic E-state index is 0.0292. The molecule has 1 heterocycles. The molecule has 1 aliphatic heterocycles. The summed E-state index contributed by atoms with van der Waals surface area (Å²) in [4.78, 5) is 0. The Kier molecular flexibility index (Phi) is 3.37. The summed E-state index contributed by atoms with van der Waals surface area (Å²) in [5, 5.41) is 0. The Morgan fingerprint density at radius 3 is 2.65 bits per heavy atom. The highest BCUT2D eigenvalue weighted by molar-refractivity contribution is 5.33. The van der Waals surface area contributed by atoms with E-state index >= 15 is 0 Å². The van der Waals surface area contributed by atoms with Gasteiger partial charge in [0.2, 0.25) is 0 Å². The molecule has 1 fully saturated rings. The Morgan fingerprint density at radius 1 is 1.29 bits per heavy atom. The molecule has 3 nitrogen and oxygen atoms in total. The second-order valence-corrected chi connectivity index (χ2v) is 4.08. The summed E-state index contributed by atoms with van der Waals surface area (Å²) in [5.74, 6) is -0.0292. The highest BCUT2D eigenvalue weighted by atomic mass is 19.4. The van der Waals surface area contributed by atoms with Crippen molar-refractivity contribution in [2.24, 2.45) is 11.7 Å². The molecule has 1 aliphatic rings. The lowest BCUT2D eigenvalue weighted by molar-refractivity contribution is -0.138. The van der Waals surface area contributed by atoms with Gasteiger partial charge in [-0.1, -0.05) is 18.2 Å². The molecule has 0 aromatic heterocycles. The maximum atomic E-state index is 12.9. The Balaban J connectivity index is 2.38. The SMILES string of the molecule is NCC1CNNC1c1ccccc1C(F)(F)F. The number of hydrogen-bond donors (Lipinski definition) is 3. The van der Waals surface area contributed by atoms with Gasteiger partial charge in [0, 0.05) is 12.5 Å². The quantitative estimate of drug-likeness (QED) is 0.738. The first-order valence-corrected chi connectivity index (χ1v) is 5.38. The molecule has 94 valence electrons. The lowest BCUT2D eigenvalue weighted by atomic mass is 9.91. The monoisotopic (exact) mass is 245 g/mol. The minimum Gasteiger partial charge on any atom is -0.330 e. The summed E-state index contributed by atoms with van der Waals surface area (Å²) in [6, 6.07) is 5.21. The molecule has 6 heteroatoms. The normalized spacial score (nSPS) is 25.2. The minimum atomic E-state index is -4.33. The van der Waals surface area contributed by atoms with E-state index in [0.29, 0.717) is 13.1 Å². The molecule has 0 bridgehead atoms. The van der Waals surface area contributed by atoms with Crippen LogP contribution in [0.1, 0.15) is 17.2 Å². The predicted octanol–water partition coefficient (Wildman–Crippen LogP) is 1.43. The van der Waals surface area contributed by atoms with E-state index < -0.39 is 17.8 Å². The summed E-state index contributed by atoms with van der Waals surface area (Å²) < 4.78 is 38.6. The maximum Gasteiger partial charge on any atom is 0.416 e. The summed E-state index contributed by atoms with van der Waals surface area (Å²) in [7, 11) is 0. The van der Waals surface area contributed by atoms with Gasteiger partial charge in [0.15, 0.2) is 0 Å². The first-order chi connectivity index (χ1) is 8.04. The Morgan fingerprint density at radius 2 is 2.00 bits per heavy atom. The summed E-state index contributed by atoms with van der Waals surface area (Å²) in [6.45, 7) is 0.921. The van der Waals surface area contributed by atoms with Crippen LogP contribution >= 0.6 is 0 Å². The Labute approximate surface area is 97.2 Å². The van der Waals surface area contributed by atoms with Gasteiger partial charge < -0.3 is 5.73 Å². The van der Waals surface area contributed by atoms with Gasteiger partial charge in [-0.15, -0.1) is 0 Å². The van der Waals surface area contributed by atoms with Crippen LogP contribution in [0.15, 0.2) is 24.3 Å². The van der Waals surface area contributed by atoms with E-state index in [-0.39, 0.29) is 11.5 Å². The number of halogens is 3. The van der Waals surface area contributed by atoms with Crippen molar-refractivity contribution in [3.63, 3.8) is 0 Å². The molecular weight excluding hydrogens is 231 g/mol. The molecule has 0 saturated carbocycles. The molecule has 4 N–H and O–H groups in total. The summed E-state index contributed by atoms with van der Waals surface area (Å²) in [5.41, 5.74) is 10.9. The smallest absolute Gasteiger partial charge is 0.330 e. The van der Waals surface area contributed by atoms with E-state index in [1.165, 1.54) is 12.1 Å². The average molecular weight is 245 g/mol. The second-order valence-electron chi connectivity index (χ2n) is 4.08. The van der Waals surface area contributed by atoms with Gasteiger partial charge in [-0.05, 0) is 18.2 Å². The Hall–Kier alpha value is -1.11. The van der Waals surface area contributed by atoms with Crippen molar-refractivity contribution in [3.8, 4) is 0 Å². The van der Waals surface area contributed by atoms with E-state index in [0.717, 1.165) is 6.07 Å². The third-order valence-electron chi connectivity index (χ3n) is 3.00. The molecule has 0 spiro atoms. The number of hydrazine groups is 1. The zero-order valence-electron chi connectivity index (χ0n) is 9.09. The van der Waals surface area contributed by atoms with Gasteiger partial charge in [0.05, 0.1) is 11.6 Å². The molecule has 2 unspecified atom stereocenters. The largest absolute Gasteiger partial charge is 0.416 e. The van der Waals surface area contributed by atoms with Gasteiger partial charge in [0.25, 0.3) is 0 Å². The van der Waals surface area contributed by atoms with Crippen molar-refractivity contribution >= 4 is 0 Å². The third-order valence-corrected chi connectivity index (χ3v) is 3.00. The van der Waals surface area contributed by atoms with Crippen molar-refractivity contribution < 1.29 is 13.2 Å². The molecule has 1 saturated heterocycles. The fourth-order valence-electron chi connectivity index (χ4n) is 2.11. The lowest BCUT2D eigenvalue weighted by Crippen LogP contribution is -2.28. The van der Waals surface area contributed by atoms with Crippen LogP contribution in [-0.2, 0) is 6.18 Å². The average Bonchev–Trinajstić information content (AvgIpc) is 2.75. The molecular formula is C11H14F3N3. The van der Waals surface area contributed by atoms with Crippen LogP contribution in [0, 0.1) is 5.92 Å². The van der Waals surface area contributed by atoms with Crippen LogP contribution in [0.4, 0.5) is 13.2 Å². The van der Waals surface area contributed by atoms with E-state index in [2.05, 4.69) is 10.9 Å². The standard InChI is InChI=1S/C11H14F3N3/c12-11(13,14)9-4-2-1-3-8(9)10-7(5-15)6-16-17-10/h1-4,7,10,16-17H,5-6,15H2. The van der Waals surface area contributed by atoms with Gasteiger partial charge in [-0.2, -0.15) is 13.2 Å². The zero-order valence-corrected chi connectivity index (χ0v) is 9.09. The molecule has 17 heavy (non-hydrogen) atoms. The van der Waals surface area contributed by atoms with Gasteiger partial charge in [-0.25, -0.2) is 5.43 Å². The molecule has 0 aliphatic carbocycles. The molecule has 0 amide bonds. The van der Waals surface area contributed by atoms with Crippen LogP contribution in [0.2, 0.25) is 0 Å². The number of nitrogens with two attached hydrogens (primary N) is 1. The fraction of sp³-hybridized carbons (Fsp3) is 0.455. The lowest BCUT2D eigenvalue weighted by Gasteiger charge is -2.21. The van der Waals surface area contributed by atoms with Crippen molar-refractivity contribution in [1.82, 2.24) is 10.9 Å². The van der Waals surface area contributed by atoms with E-state index in [4.69, 9.17) is 5.73 Å². The molecule has 2 atom stereocenters. The molecule has 0 radical (unpaired) electrons. The zero-order chi connectivity index (χ0) is 12.5. The van der Waals surface area contributed by atoms with E-state index in [1.807, 2.05) is 0 Å². The van der Waals surface area contributed by atoms with E-state index in [1.54, 1.807) is 6.07 Å². The number of nitrogens with one attached hydrogen (secondary N) is 2. The molecule has 1 aromatic rings. The summed E-state index contributed by atoms with van der Waals surface area (Å²) >= 11 is 0. The predicted molar refractivity (Wildman–Crippen MR) is 57.9 cm³/mol. The second kappa shape index (κ2) is 4.64. The van der Waals surface area contributed by atoms with Crippen LogP contribution in [0.5, 0.6) is 0 Å². The number of hydrogen-bond acceptors (Lipinski definition) is 3. The van der Waals surface area contributed by atoms with Gasteiger partial charge in [0.1, 0.15) is 0 Å². The van der Waals surface area contributed by atoms with Crippen molar-refractivity contribution in [3.05, 3.63) is 35.4 Å². The molecule has 2 rings (SSSR count). The maximum absolute atomic E-state index is 12.9. The van der Waals surface area contributed by atoms with Crippen LogP contribution in [0.3, 0.4) is 0 Å². The summed E-state index contributed by atoms with van der Waals surface area (Å²) in [6.07, 6.45) is -4.33. The van der Waals surface area contributed by atoms with Crippen LogP contribution < -0.4 is 16.6 Å². The van der Waals surface area contributed by atoms with Crippen molar-refractivity contribution in [2.75, 3.05) is 13.1 Å². The number of benzene rings is 1. The van der Waals surface area contributed by atoms with E-state index in [9.17, 15) is 13.2 Å². The fourth-order valence-corrected chi connectivity index (χ4v) is 2.11. The topological polar surface area (TPSA) is 50.1 Å². The number of alkyl halides is 3. The van der Waals surface area contributed by atoms with Crippen LogP contribution in [-0.4, -0.2) is 13.1 Å². The van der Waals surface area contributed by atoms with Gasteiger partial charge >= 0.3 is 6.18 Å². The van der Waals surface area contributed by atoms with Crippen molar-refractivity contribution in [1.29, 1.82) is 0 Å². The third kappa shape index (κ3) is 2.43. The Bertz CT molecular complexity index is 392. The van der Waals surface area contributed by atoms with Crippen molar-refractivity contribution in [2.45, 2.75) is 12.2 Å². The first kappa shape index (κ1) is 12.3. The van der Waals surface area contributed by atoms with Crippen LogP contribution in [0.25, 0.3) is 0 Å². The number of rotatable bonds is 2. The highest BCUT2D eigenvalue weighted by Crippen LogP contribution is 2.37. The first-order valence-electron chi connectivity index (χ1n) is 5.38.